The quantitative estimate of drug-likeness (QED) is 0.633. The molecule has 0 spiro atoms. The number of nitriles is 1. The van der Waals surface area contributed by atoms with Gasteiger partial charge in [0.05, 0.1) is 19.2 Å². The lowest BCUT2D eigenvalue weighted by atomic mass is 10.0. The standard InChI is InChI=1S/C12H19N3O2/c1-10-3-2-4-14(8-10)12(16)15-5-6-17-11(7-13)9-15/h10-11H,2-6,8-9H2,1H3. The molecule has 2 rings (SSSR count). The predicted molar refractivity (Wildman–Crippen MR) is 62.3 cm³/mol. The first-order chi connectivity index (χ1) is 8.20. The molecule has 2 fully saturated rings. The molecule has 5 nitrogen and oxygen atoms in total. The van der Waals surface area contributed by atoms with E-state index in [2.05, 4.69) is 13.0 Å². The van der Waals surface area contributed by atoms with Crippen molar-refractivity contribution in [2.24, 2.45) is 5.92 Å². The van der Waals surface area contributed by atoms with E-state index in [-0.39, 0.29) is 6.03 Å². The number of ether oxygens (including phenoxy) is 1. The van der Waals surface area contributed by atoms with Crippen LogP contribution in [0.3, 0.4) is 0 Å². The van der Waals surface area contributed by atoms with Crippen molar-refractivity contribution in [3.63, 3.8) is 0 Å². The number of rotatable bonds is 0. The Labute approximate surface area is 102 Å². The summed E-state index contributed by atoms with van der Waals surface area (Å²) in [5.41, 5.74) is 0. The Bertz CT molecular complexity index is 326. The molecular formula is C12H19N3O2. The van der Waals surface area contributed by atoms with E-state index in [0.717, 1.165) is 19.5 Å². The third-order valence-electron chi connectivity index (χ3n) is 3.41. The summed E-state index contributed by atoms with van der Waals surface area (Å²) in [4.78, 5) is 15.9. The first-order valence-electron chi connectivity index (χ1n) is 6.26. The number of hydrogen-bond donors (Lipinski definition) is 0. The zero-order valence-electron chi connectivity index (χ0n) is 10.3. The average Bonchev–Trinajstić information content (AvgIpc) is 2.38. The molecule has 2 atom stereocenters. The van der Waals surface area contributed by atoms with E-state index in [0.29, 0.717) is 25.6 Å². The molecule has 0 aromatic carbocycles. The number of urea groups is 1. The van der Waals surface area contributed by atoms with Crippen molar-refractivity contribution < 1.29 is 9.53 Å². The predicted octanol–water partition coefficient (Wildman–Crippen LogP) is 1.06. The van der Waals surface area contributed by atoms with Crippen LogP contribution in [0.25, 0.3) is 0 Å². The molecule has 0 aromatic rings. The van der Waals surface area contributed by atoms with Gasteiger partial charge < -0.3 is 14.5 Å². The van der Waals surface area contributed by atoms with Crippen molar-refractivity contribution in [3.8, 4) is 6.07 Å². The zero-order valence-corrected chi connectivity index (χ0v) is 10.3. The third-order valence-corrected chi connectivity index (χ3v) is 3.41. The third kappa shape index (κ3) is 2.89. The van der Waals surface area contributed by atoms with Gasteiger partial charge in [0.1, 0.15) is 0 Å². The van der Waals surface area contributed by atoms with Gasteiger partial charge in [-0.05, 0) is 18.8 Å². The molecule has 2 aliphatic heterocycles. The van der Waals surface area contributed by atoms with Crippen LogP contribution >= 0.6 is 0 Å². The lowest BCUT2D eigenvalue weighted by molar-refractivity contribution is 0.00679. The molecule has 5 heteroatoms. The SMILES string of the molecule is CC1CCCN(C(=O)N2CCOC(C#N)C2)C1. The number of piperidine rings is 1. The van der Waals surface area contributed by atoms with Gasteiger partial charge in [-0.1, -0.05) is 6.92 Å². The summed E-state index contributed by atoms with van der Waals surface area (Å²) >= 11 is 0. The molecule has 0 aliphatic carbocycles. The van der Waals surface area contributed by atoms with Gasteiger partial charge in [-0.25, -0.2) is 4.79 Å². The highest BCUT2D eigenvalue weighted by molar-refractivity contribution is 5.74. The molecule has 17 heavy (non-hydrogen) atoms. The van der Waals surface area contributed by atoms with Crippen LogP contribution in [0.5, 0.6) is 0 Å². The topological polar surface area (TPSA) is 56.6 Å². The van der Waals surface area contributed by atoms with Crippen molar-refractivity contribution in [2.75, 3.05) is 32.8 Å². The summed E-state index contributed by atoms with van der Waals surface area (Å²) in [5, 5.41) is 8.82. The van der Waals surface area contributed by atoms with E-state index in [1.54, 1.807) is 4.90 Å². The Morgan fingerprint density at radius 2 is 2.12 bits per heavy atom. The number of amides is 2. The Hall–Kier alpha value is -1.28. The Balaban J connectivity index is 1.92. The Kier molecular flexibility index (Phi) is 3.85. The number of morpholine rings is 1. The number of carbonyl (C=O) groups excluding carboxylic acids is 1. The van der Waals surface area contributed by atoms with Crippen LogP contribution in [0, 0.1) is 17.2 Å². The van der Waals surface area contributed by atoms with Gasteiger partial charge in [0.2, 0.25) is 0 Å². The molecule has 0 aromatic heterocycles. The van der Waals surface area contributed by atoms with Gasteiger partial charge >= 0.3 is 6.03 Å². The normalized spacial score (nSPS) is 29.9. The lowest BCUT2D eigenvalue weighted by Gasteiger charge is -2.37. The number of likely N-dealkylation sites (tertiary alicyclic amines) is 1. The van der Waals surface area contributed by atoms with E-state index in [9.17, 15) is 4.79 Å². The minimum absolute atomic E-state index is 0.0695. The maximum Gasteiger partial charge on any atom is 0.320 e. The van der Waals surface area contributed by atoms with E-state index in [1.807, 2.05) is 4.90 Å². The summed E-state index contributed by atoms with van der Waals surface area (Å²) in [6.45, 7) is 5.33. The van der Waals surface area contributed by atoms with Gasteiger partial charge in [0.15, 0.2) is 6.10 Å². The van der Waals surface area contributed by atoms with Crippen LogP contribution in [-0.4, -0.2) is 54.7 Å². The van der Waals surface area contributed by atoms with Crippen molar-refractivity contribution >= 4 is 6.03 Å². The molecule has 2 saturated heterocycles. The number of carbonyl (C=O) groups is 1. The molecule has 2 aliphatic rings. The van der Waals surface area contributed by atoms with Crippen LogP contribution in [0.2, 0.25) is 0 Å². The van der Waals surface area contributed by atoms with Crippen molar-refractivity contribution in [1.82, 2.24) is 9.80 Å². The van der Waals surface area contributed by atoms with Crippen LogP contribution in [0.15, 0.2) is 0 Å². The fraction of sp³-hybridized carbons (Fsp3) is 0.833. The molecule has 2 unspecified atom stereocenters. The second kappa shape index (κ2) is 5.37. The number of nitrogens with zero attached hydrogens (tertiary/aromatic N) is 3. The molecule has 0 N–H and O–H groups in total. The highest BCUT2D eigenvalue weighted by atomic mass is 16.5. The van der Waals surface area contributed by atoms with Gasteiger partial charge in [-0.2, -0.15) is 5.26 Å². The van der Waals surface area contributed by atoms with E-state index in [4.69, 9.17) is 10.00 Å². The van der Waals surface area contributed by atoms with Crippen LogP contribution in [0.1, 0.15) is 19.8 Å². The molecule has 94 valence electrons. The second-order valence-electron chi connectivity index (χ2n) is 4.91. The van der Waals surface area contributed by atoms with Crippen molar-refractivity contribution in [1.29, 1.82) is 5.26 Å². The number of hydrogen-bond acceptors (Lipinski definition) is 3. The van der Waals surface area contributed by atoms with Crippen LogP contribution < -0.4 is 0 Å². The molecular weight excluding hydrogens is 218 g/mol. The summed E-state index contributed by atoms with van der Waals surface area (Å²) in [5.74, 6) is 0.584. The van der Waals surface area contributed by atoms with Crippen LogP contribution in [0.4, 0.5) is 4.79 Å². The molecule has 2 heterocycles. The summed E-state index contributed by atoms with van der Waals surface area (Å²) in [7, 11) is 0. The summed E-state index contributed by atoms with van der Waals surface area (Å²) < 4.78 is 5.24. The fourth-order valence-corrected chi connectivity index (χ4v) is 2.46. The van der Waals surface area contributed by atoms with Gasteiger partial charge in [-0.15, -0.1) is 0 Å². The maximum atomic E-state index is 12.2. The van der Waals surface area contributed by atoms with E-state index in [1.165, 1.54) is 6.42 Å². The first-order valence-corrected chi connectivity index (χ1v) is 6.26. The maximum absolute atomic E-state index is 12.2. The lowest BCUT2D eigenvalue weighted by Crippen LogP contribution is -2.52. The van der Waals surface area contributed by atoms with Crippen LogP contribution in [-0.2, 0) is 4.74 Å². The second-order valence-corrected chi connectivity index (χ2v) is 4.91. The highest BCUT2D eigenvalue weighted by Gasteiger charge is 2.29. The monoisotopic (exact) mass is 237 g/mol. The van der Waals surface area contributed by atoms with Gasteiger partial charge in [0, 0.05) is 19.6 Å². The average molecular weight is 237 g/mol. The minimum atomic E-state index is -0.463. The zero-order chi connectivity index (χ0) is 12.3. The smallest absolute Gasteiger partial charge is 0.320 e. The van der Waals surface area contributed by atoms with E-state index < -0.39 is 6.10 Å². The van der Waals surface area contributed by atoms with Gasteiger partial charge in [-0.3, -0.25) is 0 Å². The Morgan fingerprint density at radius 1 is 1.35 bits per heavy atom. The van der Waals surface area contributed by atoms with Crippen molar-refractivity contribution in [2.45, 2.75) is 25.9 Å². The molecule has 2 amide bonds. The largest absolute Gasteiger partial charge is 0.360 e. The highest BCUT2D eigenvalue weighted by Crippen LogP contribution is 2.18. The molecule has 0 saturated carbocycles. The Morgan fingerprint density at radius 3 is 2.82 bits per heavy atom. The summed E-state index contributed by atoms with van der Waals surface area (Å²) in [6.07, 6.45) is 1.82. The minimum Gasteiger partial charge on any atom is -0.360 e. The molecule has 0 radical (unpaired) electrons. The summed E-state index contributed by atoms with van der Waals surface area (Å²) in [6, 6.07) is 2.14. The van der Waals surface area contributed by atoms with Crippen molar-refractivity contribution in [3.05, 3.63) is 0 Å². The molecule has 0 bridgehead atoms. The van der Waals surface area contributed by atoms with Gasteiger partial charge in [0.25, 0.3) is 0 Å². The fourth-order valence-electron chi connectivity index (χ4n) is 2.46. The first kappa shape index (κ1) is 12.2. The van der Waals surface area contributed by atoms with E-state index >= 15 is 0 Å².